The molecule has 0 aliphatic heterocycles. The average Bonchev–Trinajstić information content (AvgIpc) is 3.52. The molecule has 150 valence electrons. The summed E-state index contributed by atoms with van der Waals surface area (Å²) in [6.07, 6.45) is 7.75. The number of hydrogen-bond donors (Lipinski definition) is 0. The minimum absolute atomic E-state index is 0.194. The molecule has 0 fully saturated rings. The number of fused-ring (bicyclic) bond motifs is 3. The summed E-state index contributed by atoms with van der Waals surface area (Å²) >= 11 is 0. The van der Waals surface area contributed by atoms with Gasteiger partial charge in [-0.2, -0.15) is 0 Å². The van der Waals surface area contributed by atoms with Crippen LogP contribution in [0.2, 0.25) is 0 Å². The molecule has 0 amide bonds. The molecule has 0 N–H and O–H groups in total. The van der Waals surface area contributed by atoms with E-state index in [0.717, 1.165) is 23.5 Å². The Labute approximate surface area is 183 Å². The van der Waals surface area contributed by atoms with E-state index in [2.05, 4.69) is 111 Å². The van der Waals surface area contributed by atoms with Crippen molar-refractivity contribution in [1.82, 2.24) is 0 Å². The van der Waals surface area contributed by atoms with Gasteiger partial charge in [0, 0.05) is 22.1 Å². The minimum Gasteiger partial charge on any atom is -0.459 e. The van der Waals surface area contributed by atoms with Gasteiger partial charge in [-0.25, -0.2) is 0 Å². The molecular weight excluding hydrogens is 376 g/mol. The van der Waals surface area contributed by atoms with E-state index in [9.17, 15) is 0 Å². The Morgan fingerprint density at radius 3 is 2.13 bits per heavy atom. The van der Waals surface area contributed by atoms with Crippen LogP contribution in [0.1, 0.15) is 37.2 Å². The van der Waals surface area contributed by atoms with E-state index in [1.165, 1.54) is 39.0 Å². The standard InChI is InChI=1S/C30H24O/c1-30(2)25-19-23(20-11-5-3-6-12-20)17-18-24(25)27-26(21-13-9-10-14-21)28(31-29(27)30)22-15-7-4-8-16-22/h3-9,11-19H,10H2,1-2H3. The summed E-state index contributed by atoms with van der Waals surface area (Å²) in [5.41, 5.74) is 9.82. The van der Waals surface area contributed by atoms with E-state index >= 15 is 0 Å². The van der Waals surface area contributed by atoms with Gasteiger partial charge in [0.15, 0.2) is 0 Å². The molecule has 0 spiro atoms. The molecule has 0 saturated carbocycles. The Balaban J connectivity index is 1.61. The number of furan rings is 1. The molecule has 31 heavy (non-hydrogen) atoms. The third kappa shape index (κ3) is 2.70. The maximum atomic E-state index is 6.72. The van der Waals surface area contributed by atoms with Crippen molar-refractivity contribution in [2.45, 2.75) is 25.7 Å². The predicted molar refractivity (Wildman–Crippen MR) is 129 cm³/mol. The fourth-order valence-electron chi connectivity index (χ4n) is 5.05. The first kappa shape index (κ1) is 18.2. The summed E-state index contributed by atoms with van der Waals surface area (Å²) in [6.45, 7) is 4.57. The molecule has 0 bridgehead atoms. The monoisotopic (exact) mass is 400 g/mol. The topological polar surface area (TPSA) is 13.1 Å². The zero-order valence-corrected chi connectivity index (χ0v) is 17.9. The van der Waals surface area contributed by atoms with E-state index in [4.69, 9.17) is 4.42 Å². The lowest BCUT2D eigenvalue weighted by molar-refractivity contribution is 0.448. The Kier molecular flexibility index (Phi) is 3.94. The van der Waals surface area contributed by atoms with E-state index in [1.807, 2.05) is 0 Å². The number of benzene rings is 3. The fourth-order valence-corrected chi connectivity index (χ4v) is 5.05. The van der Waals surface area contributed by atoms with Gasteiger partial charge >= 0.3 is 0 Å². The molecule has 1 heteroatoms. The van der Waals surface area contributed by atoms with Crippen LogP contribution in [0.5, 0.6) is 0 Å². The summed E-state index contributed by atoms with van der Waals surface area (Å²) in [7, 11) is 0. The van der Waals surface area contributed by atoms with Crippen molar-refractivity contribution < 1.29 is 4.42 Å². The van der Waals surface area contributed by atoms with E-state index in [1.54, 1.807) is 0 Å². The lowest BCUT2D eigenvalue weighted by atomic mass is 9.84. The van der Waals surface area contributed by atoms with Gasteiger partial charge < -0.3 is 4.42 Å². The van der Waals surface area contributed by atoms with Crippen LogP contribution in [-0.2, 0) is 5.41 Å². The van der Waals surface area contributed by atoms with Crippen LogP contribution in [0.15, 0.2) is 102 Å². The molecule has 0 unspecified atom stereocenters. The van der Waals surface area contributed by atoms with Crippen molar-refractivity contribution >= 4 is 5.57 Å². The number of hydrogen-bond acceptors (Lipinski definition) is 1. The summed E-state index contributed by atoms with van der Waals surface area (Å²) in [6, 6.07) is 28.0. The van der Waals surface area contributed by atoms with E-state index in [-0.39, 0.29) is 5.41 Å². The molecule has 3 aromatic carbocycles. The van der Waals surface area contributed by atoms with Gasteiger partial charge in [-0.1, -0.05) is 91.0 Å². The maximum absolute atomic E-state index is 6.72. The Morgan fingerprint density at radius 2 is 1.45 bits per heavy atom. The third-order valence-electron chi connectivity index (χ3n) is 6.64. The molecule has 6 rings (SSSR count). The first-order chi connectivity index (χ1) is 15.1. The first-order valence-electron chi connectivity index (χ1n) is 10.9. The van der Waals surface area contributed by atoms with Gasteiger partial charge in [0.2, 0.25) is 0 Å². The van der Waals surface area contributed by atoms with Crippen molar-refractivity contribution in [2.24, 2.45) is 0 Å². The Bertz CT molecular complexity index is 1350. The molecule has 0 radical (unpaired) electrons. The number of allylic oxidation sites excluding steroid dienone is 4. The molecule has 1 aromatic heterocycles. The van der Waals surface area contributed by atoms with Crippen molar-refractivity contribution in [2.75, 3.05) is 0 Å². The fraction of sp³-hybridized carbons (Fsp3) is 0.133. The van der Waals surface area contributed by atoms with Crippen molar-refractivity contribution in [3.63, 3.8) is 0 Å². The normalized spacial score (nSPS) is 15.6. The third-order valence-corrected chi connectivity index (χ3v) is 6.64. The van der Waals surface area contributed by atoms with E-state index in [0.29, 0.717) is 0 Å². The Morgan fingerprint density at radius 1 is 0.742 bits per heavy atom. The van der Waals surface area contributed by atoms with Gasteiger partial charge in [-0.15, -0.1) is 0 Å². The largest absolute Gasteiger partial charge is 0.459 e. The molecule has 4 aromatic rings. The highest BCUT2D eigenvalue weighted by atomic mass is 16.3. The molecule has 0 saturated heterocycles. The smallest absolute Gasteiger partial charge is 0.142 e. The number of rotatable bonds is 3. The second kappa shape index (κ2) is 6.72. The first-order valence-corrected chi connectivity index (χ1v) is 10.9. The molecule has 2 aliphatic rings. The van der Waals surface area contributed by atoms with Gasteiger partial charge in [-0.05, 0) is 54.2 Å². The highest BCUT2D eigenvalue weighted by molar-refractivity contribution is 5.98. The highest BCUT2D eigenvalue weighted by Crippen LogP contribution is 2.56. The van der Waals surface area contributed by atoms with Crippen LogP contribution in [0.25, 0.3) is 39.2 Å². The second-order valence-corrected chi connectivity index (χ2v) is 8.93. The quantitative estimate of drug-likeness (QED) is 0.337. The molecular formula is C30H24O. The molecule has 2 aliphatic carbocycles. The van der Waals surface area contributed by atoms with Gasteiger partial charge in [0.25, 0.3) is 0 Å². The molecule has 0 atom stereocenters. The van der Waals surface area contributed by atoms with Crippen LogP contribution in [0.3, 0.4) is 0 Å². The summed E-state index contributed by atoms with van der Waals surface area (Å²) in [5, 5.41) is 0. The van der Waals surface area contributed by atoms with Crippen molar-refractivity contribution in [1.29, 1.82) is 0 Å². The zero-order chi connectivity index (χ0) is 21.0. The lowest BCUT2D eigenvalue weighted by Gasteiger charge is -2.20. The molecule has 1 heterocycles. The lowest BCUT2D eigenvalue weighted by Crippen LogP contribution is -2.14. The molecule has 1 nitrogen and oxygen atoms in total. The maximum Gasteiger partial charge on any atom is 0.142 e. The predicted octanol–water partition coefficient (Wildman–Crippen LogP) is 8.26. The van der Waals surface area contributed by atoms with Crippen molar-refractivity contribution in [3.8, 4) is 33.6 Å². The van der Waals surface area contributed by atoms with Crippen LogP contribution in [0, 0.1) is 0 Å². The van der Waals surface area contributed by atoms with Crippen LogP contribution in [-0.4, -0.2) is 0 Å². The highest BCUT2D eigenvalue weighted by Gasteiger charge is 2.42. The summed E-state index contributed by atoms with van der Waals surface area (Å²) in [5.74, 6) is 2.05. The van der Waals surface area contributed by atoms with Crippen molar-refractivity contribution in [3.05, 3.63) is 114 Å². The summed E-state index contributed by atoms with van der Waals surface area (Å²) in [4.78, 5) is 0. The van der Waals surface area contributed by atoms with Crippen LogP contribution < -0.4 is 0 Å². The minimum atomic E-state index is -0.194. The summed E-state index contributed by atoms with van der Waals surface area (Å²) < 4.78 is 6.72. The van der Waals surface area contributed by atoms with Crippen LogP contribution >= 0.6 is 0 Å². The average molecular weight is 401 g/mol. The van der Waals surface area contributed by atoms with E-state index < -0.39 is 0 Å². The van der Waals surface area contributed by atoms with Gasteiger partial charge in [-0.3, -0.25) is 0 Å². The Hall–Kier alpha value is -3.58. The van der Waals surface area contributed by atoms with Gasteiger partial charge in [0.05, 0.1) is 0 Å². The van der Waals surface area contributed by atoms with Crippen LogP contribution in [0.4, 0.5) is 0 Å². The SMILES string of the molecule is CC1(C)c2cc(-c3ccccc3)ccc2-c2c1oc(-c1ccccc1)c2C1=CCC=C1. The second-order valence-electron chi connectivity index (χ2n) is 8.93. The van der Waals surface area contributed by atoms with Gasteiger partial charge in [0.1, 0.15) is 11.5 Å². The zero-order valence-electron chi connectivity index (χ0n) is 17.9.